The Kier molecular flexibility index (Phi) is 4.02. The maximum atomic E-state index is 12.8. The van der Waals surface area contributed by atoms with Crippen LogP contribution in [0.1, 0.15) is 85.5 Å². The standard InChI is InChI=1S/C23H36O4/c1-19(2,26)15-6-7-16-20(3)10-8-17(24)21(20,4)12-13-23(16)14-22(15,23)11-9-18(25)27-5/h15-16,26H,6-14H2,1-5H3. The lowest BCUT2D eigenvalue weighted by Crippen LogP contribution is -2.55. The average molecular weight is 377 g/mol. The first kappa shape index (κ1) is 19.4. The first-order valence-corrected chi connectivity index (χ1v) is 10.8. The number of ether oxygens (including phenoxy) is 1. The molecule has 4 aliphatic carbocycles. The molecule has 0 heterocycles. The Morgan fingerprint density at radius 3 is 2.56 bits per heavy atom. The van der Waals surface area contributed by atoms with Crippen molar-refractivity contribution < 1.29 is 19.4 Å². The molecule has 0 aromatic rings. The van der Waals surface area contributed by atoms with Crippen molar-refractivity contribution in [3.8, 4) is 0 Å². The van der Waals surface area contributed by atoms with Crippen molar-refractivity contribution >= 4 is 11.8 Å². The second-order valence-corrected chi connectivity index (χ2v) is 11.1. The number of esters is 1. The number of carbonyl (C=O) groups excluding carboxylic acids is 2. The van der Waals surface area contributed by atoms with Gasteiger partial charge in [-0.2, -0.15) is 0 Å². The number of fused-ring (bicyclic) bond motifs is 2. The Morgan fingerprint density at radius 1 is 1.22 bits per heavy atom. The van der Waals surface area contributed by atoms with Crippen LogP contribution in [0.15, 0.2) is 0 Å². The molecule has 6 atom stereocenters. The summed E-state index contributed by atoms with van der Waals surface area (Å²) in [6.45, 7) is 8.47. The van der Waals surface area contributed by atoms with E-state index in [0.717, 1.165) is 51.4 Å². The van der Waals surface area contributed by atoms with Crippen LogP contribution in [0.2, 0.25) is 0 Å². The molecule has 0 saturated heterocycles. The van der Waals surface area contributed by atoms with Gasteiger partial charge in [-0.1, -0.05) is 13.8 Å². The highest BCUT2D eigenvalue weighted by atomic mass is 16.5. The SMILES string of the molecule is COC(=O)CCC12CC13CCC1(C)C(=O)CCC1(C)C3CCC2C(C)(C)O. The molecular weight excluding hydrogens is 340 g/mol. The molecule has 27 heavy (non-hydrogen) atoms. The fourth-order valence-electron chi connectivity index (χ4n) is 8.45. The van der Waals surface area contributed by atoms with Crippen molar-refractivity contribution in [2.24, 2.45) is 33.5 Å². The van der Waals surface area contributed by atoms with E-state index in [2.05, 4.69) is 13.8 Å². The summed E-state index contributed by atoms with van der Waals surface area (Å²) >= 11 is 0. The van der Waals surface area contributed by atoms with Gasteiger partial charge in [0.25, 0.3) is 0 Å². The molecule has 4 nitrogen and oxygen atoms in total. The van der Waals surface area contributed by atoms with Gasteiger partial charge in [-0.05, 0) is 86.9 Å². The molecule has 4 aliphatic rings. The largest absolute Gasteiger partial charge is 0.469 e. The molecule has 1 spiro atoms. The molecule has 1 N–H and O–H groups in total. The fraction of sp³-hybridized carbons (Fsp3) is 0.913. The number of Topliss-reactive ketones (excluding diaryl/α,β-unsaturated/α-hetero) is 1. The molecule has 0 bridgehead atoms. The molecule has 0 aliphatic heterocycles. The maximum Gasteiger partial charge on any atom is 0.305 e. The Labute approximate surface area is 163 Å². The third-order valence-corrected chi connectivity index (χ3v) is 10.0. The van der Waals surface area contributed by atoms with Crippen molar-refractivity contribution in [2.75, 3.05) is 7.11 Å². The van der Waals surface area contributed by atoms with Gasteiger partial charge in [0.2, 0.25) is 0 Å². The van der Waals surface area contributed by atoms with E-state index in [1.807, 2.05) is 13.8 Å². The van der Waals surface area contributed by atoms with E-state index >= 15 is 0 Å². The van der Waals surface area contributed by atoms with Gasteiger partial charge in [-0.3, -0.25) is 9.59 Å². The lowest BCUT2D eigenvalue weighted by atomic mass is 9.45. The molecule has 152 valence electrons. The van der Waals surface area contributed by atoms with Crippen molar-refractivity contribution in [1.82, 2.24) is 0 Å². The van der Waals surface area contributed by atoms with E-state index in [-0.39, 0.29) is 33.5 Å². The zero-order chi connectivity index (χ0) is 19.9. The summed E-state index contributed by atoms with van der Waals surface area (Å²) in [5.74, 6) is 1.07. The van der Waals surface area contributed by atoms with Crippen molar-refractivity contribution in [1.29, 1.82) is 0 Å². The molecule has 4 fully saturated rings. The van der Waals surface area contributed by atoms with Crippen LogP contribution in [0, 0.1) is 33.5 Å². The Morgan fingerprint density at radius 2 is 1.93 bits per heavy atom. The number of rotatable bonds is 4. The molecule has 4 heteroatoms. The van der Waals surface area contributed by atoms with Gasteiger partial charge < -0.3 is 9.84 Å². The minimum absolute atomic E-state index is 0.0261. The molecule has 0 amide bonds. The molecule has 0 radical (unpaired) electrons. The topological polar surface area (TPSA) is 63.6 Å². The molecule has 0 aromatic carbocycles. The number of hydrogen-bond acceptors (Lipinski definition) is 4. The van der Waals surface area contributed by atoms with Crippen LogP contribution >= 0.6 is 0 Å². The smallest absolute Gasteiger partial charge is 0.305 e. The number of hydrogen-bond donors (Lipinski definition) is 1. The lowest BCUT2D eigenvalue weighted by Gasteiger charge is -2.59. The Hall–Kier alpha value is -0.900. The van der Waals surface area contributed by atoms with E-state index in [9.17, 15) is 14.7 Å². The van der Waals surface area contributed by atoms with E-state index in [4.69, 9.17) is 4.74 Å². The third kappa shape index (κ3) is 2.25. The maximum absolute atomic E-state index is 12.8. The summed E-state index contributed by atoms with van der Waals surface area (Å²) in [5.41, 5.74) is -0.625. The van der Waals surface area contributed by atoms with Crippen LogP contribution < -0.4 is 0 Å². The summed E-state index contributed by atoms with van der Waals surface area (Å²) in [4.78, 5) is 24.7. The van der Waals surface area contributed by atoms with Crippen LogP contribution in [-0.4, -0.2) is 29.6 Å². The lowest BCUT2D eigenvalue weighted by molar-refractivity contribution is -0.154. The zero-order valence-electron chi connectivity index (χ0n) is 17.7. The van der Waals surface area contributed by atoms with Gasteiger partial charge in [0.05, 0.1) is 12.7 Å². The summed E-state index contributed by atoms with van der Waals surface area (Å²) < 4.78 is 4.93. The highest BCUT2D eigenvalue weighted by Crippen LogP contribution is 2.86. The summed E-state index contributed by atoms with van der Waals surface area (Å²) in [5, 5.41) is 11.0. The number of ketones is 1. The number of carbonyl (C=O) groups is 2. The quantitative estimate of drug-likeness (QED) is 0.744. The predicted octanol–water partition coefficient (Wildman–Crippen LogP) is 4.28. The van der Waals surface area contributed by atoms with E-state index in [1.54, 1.807) is 0 Å². The first-order valence-electron chi connectivity index (χ1n) is 10.8. The van der Waals surface area contributed by atoms with Crippen LogP contribution in [0.5, 0.6) is 0 Å². The summed E-state index contributed by atoms with van der Waals surface area (Å²) in [6, 6.07) is 0. The molecule has 0 aromatic heterocycles. The van der Waals surface area contributed by atoms with Crippen LogP contribution in [0.25, 0.3) is 0 Å². The fourth-order valence-corrected chi connectivity index (χ4v) is 8.45. The predicted molar refractivity (Wildman–Crippen MR) is 103 cm³/mol. The normalized spacial score (nSPS) is 48.4. The minimum atomic E-state index is -0.738. The number of aliphatic hydroxyl groups is 1. The van der Waals surface area contributed by atoms with Gasteiger partial charge >= 0.3 is 5.97 Å². The van der Waals surface area contributed by atoms with Gasteiger partial charge in [0, 0.05) is 18.3 Å². The van der Waals surface area contributed by atoms with E-state index in [1.165, 1.54) is 7.11 Å². The average Bonchev–Trinajstić information content (AvgIpc) is 3.22. The van der Waals surface area contributed by atoms with Crippen LogP contribution in [0.4, 0.5) is 0 Å². The molecule has 4 rings (SSSR count). The van der Waals surface area contributed by atoms with E-state index in [0.29, 0.717) is 18.1 Å². The van der Waals surface area contributed by atoms with Gasteiger partial charge in [-0.25, -0.2) is 0 Å². The monoisotopic (exact) mass is 376 g/mol. The molecular formula is C23H36O4. The van der Waals surface area contributed by atoms with Crippen LogP contribution in [-0.2, 0) is 14.3 Å². The van der Waals surface area contributed by atoms with Gasteiger partial charge in [0.15, 0.2) is 0 Å². The van der Waals surface area contributed by atoms with Crippen molar-refractivity contribution in [3.63, 3.8) is 0 Å². The molecule has 4 saturated carbocycles. The van der Waals surface area contributed by atoms with Gasteiger partial charge in [0.1, 0.15) is 5.78 Å². The third-order valence-electron chi connectivity index (χ3n) is 10.0. The molecule has 6 unspecified atom stereocenters. The van der Waals surface area contributed by atoms with E-state index < -0.39 is 5.60 Å². The minimum Gasteiger partial charge on any atom is -0.469 e. The Bertz CT molecular complexity index is 678. The summed E-state index contributed by atoms with van der Waals surface area (Å²) in [6.07, 6.45) is 8.23. The highest BCUT2D eigenvalue weighted by molar-refractivity contribution is 5.88. The second-order valence-electron chi connectivity index (χ2n) is 11.1. The van der Waals surface area contributed by atoms with Crippen molar-refractivity contribution in [2.45, 2.75) is 91.1 Å². The summed E-state index contributed by atoms with van der Waals surface area (Å²) in [7, 11) is 1.46. The Balaban J connectivity index is 1.72. The zero-order valence-corrected chi connectivity index (χ0v) is 17.7. The number of methoxy groups -OCH3 is 1. The second kappa shape index (κ2) is 5.58. The first-order chi connectivity index (χ1) is 12.5. The van der Waals surface area contributed by atoms with Crippen LogP contribution in [0.3, 0.4) is 0 Å². The van der Waals surface area contributed by atoms with Gasteiger partial charge in [-0.15, -0.1) is 0 Å². The van der Waals surface area contributed by atoms with Crippen molar-refractivity contribution in [3.05, 3.63) is 0 Å². The highest BCUT2D eigenvalue weighted by Gasteiger charge is 2.81.